The summed E-state index contributed by atoms with van der Waals surface area (Å²) in [5, 5.41) is 19.3. The van der Waals surface area contributed by atoms with Crippen molar-refractivity contribution in [3.05, 3.63) is 57.9 Å². The minimum absolute atomic E-state index is 0.0492. The standard InChI is InChI=1S/C16H14N4O3S/c21-16(12-2-1-5-20(22)9-12)19-6-3-11(8-19)14-17-15(23-18-14)13-4-7-24-10-13/h1-2,4-5,7,9-11H,3,6,8H2/t11-/m0/s1. The van der Waals surface area contributed by atoms with E-state index < -0.39 is 0 Å². The van der Waals surface area contributed by atoms with Gasteiger partial charge in [-0.1, -0.05) is 5.16 Å². The third-order valence-electron chi connectivity index (χ3n) is 4.07. The van der Waals surface area contributed by atoms with Crippen LogP contribution in [0.15, 0.2) is 45.9 Å². The maximum atomic E-state index is 12.5. The molecule has 0 unspecified atom stereocenters. The number of nitrogens with zero attached hydrogens (tertiary/aromatic N) is 4. The summed E-state index contributed by atoms with van der Waals surface area (Å²) in [6.07, 6.45) is 3.42. The van der Waals surface area contributed by atoms with Crippen molar-refractivity contribution >= 4 is 17.2 Å². The van der Waals surface area contributed by atoms with E-state index in [2.05, 4.69) is 10.1 Å². The minimum Gasteiger partial charge on any atom is -0.619 e. The van der Waals surface area contributed by atoms with Crippen molar-refractivity contribution in [1.29, 1.82) is 0 Å². The van der Waals surface area contributed by atoms with Gasteiger partial charge in [0.2, 0.25) is 0 Å². The van der Waals surface area contributed by atoms with Crippen molar-refractivity contribution < 1.29 is 14.0 Å². The van der Waals surface area contributed by atoms with Gasteiger partial charge in [-0.15, -0.1) is 0 Å². The monoisotopic (exact) mass is 342 g/mol. The summed E-state index contributed by atoms with van der Waals surface area (Å²) in [7, 11) is 0. The molecular formula is C16H14N4O3S. The molecule has 4 rings (SSSR count). The van der Waals surface area contributed by atoms with Gasteiger partial charge in [0.05, 0.1) is 5.56 Å². The van der Waals surface area contributed by atoms with Crippen LogP contribution in [0.4, 0.5) is 0 Å². The van der Waals surface area contributed by atoms with Crippen molar-refractivity contribution in [1.82, 2.24) is 15.0 Å². The predicted molar refractivity (Wildman–Crippen MR) is 86.3 cm³/mol. The lowest BCUT2D eigenvalue weighted by Crippen LogP contribution is -2.32. The van der Waals surface area contributed by atoms with Gasteiger partial charge in [-0.3, -0.25) is 4.79 Å². The lowest BCUT2D eigenvalue weighted by atomic mass is 10.1. The summed E-state index contributed by atoms with van der Waals surface area (Å²) in [6.45, 7) is 1.13. The van der Waals surface area contributed by atoms with Crippen LogP contribution in [0.25, 0.3) is 11.5 Å². The van der Waals surface area contributed by atoms with E-state index in [1.165, 1.54) is 12.4 Å². The highest BCUT2D eigenvalue weighted by Crippen LogP contribution is 2.28. The van der Waals surface area contributed by atoms with Gasteiger partial charge < -0.3 is 14.6 Å². The molecule has 4 heterocycles. The number of hydrogen-bond acceptors (Lipinski definition) is 6. The first-order chi connectivity index (χ1) is 11.7. The highest BCUT2D eigenvalue weighted by atomic mass is 32.1. The van der Waals surface area contributed by atoms with Gasteiger partial charge in [0.1, 0.15) is 5.56 Å². The molecule has 1 aliphatic rings. The van der Waals surface area contributed by atoms with E-state index in [-0.39, 0.29) is 11.8 Å². The number of rotatable bonds is 3. The highest BCUT2D eigenvalue weighted by Gasteiger charge is 2.31. The lowest BCUT2D eigenvalue weighted by molar-refractivity contribution is -0.605. The van der Waals surface area contributed by atoms with Gasteiger partial charge in [-0.25, -0.2) is 0 Å². The summed E-state index contributed by atoms with van der Waals surface area (Å²) in [4.78, 5) is 18.7. The first-order valence-corrected chi connectivity index (χ1v) is 8.49. The van der Waals surface area contributed by atoms with E-state index in [0.29, 0.717) is 35.1 Å². The molecule has 1 fully saturated rings. The van der Waals surface area contributed by atoms with Crippen LogP contribution in [0.5, 0.6) is 0 Å². The summed E-state index contributed by atoms with van der Waals surface area (Å²) >= 11 is 1.57. The Morgan fingerprint density at radius 2 is 2.38 bits per heavy atom. The van der Waals surface area contributed by atoms with Crippen molar-refractivity contribution in [2.45, 2.75) is 12.3 Å². The first kappa shape index (κ1) is 14.8. The summed E-state index contributed by atoms with van der Waals surface area (Å²) in [5.41, 5.74) is 1.30. The second-order valence-corrected chi connectivity index (χ2v) is 6.44. The zero-order chi connectivity index (χ0) is 16.5. The van der Waals surface area contributed by atoms with Crippen molar-refractivity contribution in [3.63, 3.8) is 0 Å². The lowest BCUT2D eigenvalue weighted by Gasteiger charge is -2.15. The zero-order valence-electron chi connectivity index (χ0n) is 12.7. The molecule has 1 aliphatic heterocycles. The van der Waals surface area contributed by atoms with E-state index >= 15 is 0 Å². The van der Waals surface area contributed by atoms with Crippen LogP contribution >= 0.6 is 11.3 Å². The molecule has 1 atom stereocenters. The average molecular weight is 342 g/mol. The molecule has 0 radical (unpaired) electrons. The highest BCUT2D eigenvalue weighted by molar-refractivity contribution is 7.08. The Morgan fingerprint density at radius 3 is 3.17 bits per heavy atom. The Morgan fingerprint density at radius 1 is 1.46 bits per heavy atom. The summed E-state index contributed by atoms with van der Waals surface area (Å²) < 4.78 is 5.95. The molecule has 24 heavy (non-hydrogen) atoms. The molecule has 8 heteroatoms. The maximum Gasteiger partial charge on any atom is 0.259 e. The van der Waals surface area contributed by atoms with Crippen molar-refractivity contribution in [2.24, 2.45) is 0 Å². The number of carbonyl (C=O) groups is 1. The number of likely N-dealkylation sites (tertiary alicyclic amines) is 1. The Balaban J connectivity index is 1.48. The largest absolute Gasteiger partial charge is 0.619 e. The van der Waals surface area contributed by atoms with Crippen LogP contribution in [0.2, 0.25) is 0 Å². The number of carbonyl (C=O) groups excluding carboxylic acids is 1. The van der Waals surface area contributed by atoms with Gasteiger partial charge in [-0.2, -0.15) is 21.1 Å². The van der Waals surface area contributed by atoms with Crippen LogP contribution in [0.3, 0.4) is 0 Å². The molecule has 0 bridgehead atoms. The number of hydrogen-bond donors (Lipinski definition) is 0. The average Bonchev–Trinajstić information content (AvgIpc) is 3.32. The number of aromatic nitrogens is 3. The fraction of sp³-hybridized carbons (Fsp3) is 0.250. The molecule has 1 amide bonds. The molecular weight excluding hydrogens is 328 g/mol. The quantitative estimate of drug-likeness (QED) is 0.537. The molecule has 3 aromatic heterocycles. The van der Waals surface area contributed by atoms with Crippen LogP contribution in [0.1, 0.15) is 28.5 Å². The van der Waals surface area contributed by atoms with Gasteiger partial charge in [0.25, 0.3) is 11.8 Å². The van der Waals surface area contributed by atoms with E-state index in [4.69, 9.17) is 4.52 Å². The minimum atomic E-state index is -0.149. The Kier molecular flexibility index (Phi) is 3.73. The smallest absolute Gasteiger partial charge is 0.259 e. The Hall–Kier alpha value is -2.74. The SMILES string of the molecule is O=C(c1ccc[n+]([O-])c1)N1CC[C@H](c2noc(-c3ccsc3)n2)C1. The van der Waals surface area contributed by atoms with Crippen molar-refractivity contribution in [3.8, 4) is 11.5 Å². The third kappa shape index (κ3) is 2.76. The molecule has 0 spiro atoms. The molecule has 7 nitrogen and oxygen atoms in total. The fourth-order valence-electron chi connectivity index (χ4n) is 2.82. The van der Waals surface area contributed by atoms with Gasteiger partial charge in [-0.05, 0) is 23.9 Å². The van der Waals surface area contributed by atoms with Gasteiger partial charge in [0, 0.05) is 30.5 Å². The van der Waals surface area contributed by atoms with Crippen molar-refractivity contribution in [2.75, 3.05) is 13.1 Å². The molecule has 3 aromatic rings. The normalized spacial score (nSPS) is 17.3. The molecule has 0 saturated carbocycles. The topological polar surface area (TPSA) is 86.2 Å². The second kappa shape index (κ2) is 6.04. The third-order valence-corrected chi connectivity index (χ3v) is 4.76. The Labute approximate surface area is 141 Å². The molecule has 122 valence electrons. The van der Waals surface area contributed by atoms with E-state index in [1.807, 2.05) is 16.8 Å². The fourth-order valence-corrected chi connectivity index (χ4v) is 3.45. The van der Waals surface area contributed by atoms with Crippen LogP contribution in [-0.4, -0.2) is 34.0 Å². The molecule has 0 N–H and O–H groups in total. The van der Waals surface area contributed by atoms with Gasteiger partial charge in [0.15, 0.2) is 18.2 Å². The molecule has 0 aliphatic carbocycles. The molecule has 0 aromatic carbocycles. The van der Waals surface area contributed by atoms with Crippen LogP contribution < -0.4 is 4.73 Å². The van der Waals surface area contributed by atoms with E-state index in [1.54, 1.807) is 28.4 Å². The number of pyridine rings is 1. The molecule has 1 saturated heterocycles. The number of amides is 1. The maximum absolute atomic E-state index is 12.5. The van der Waals surface area contributed by atoms with Crippen LogP contribution in [-0.2, 0) is 0 Å². The Bertz CT molecular complexity index is 862. The van der Waals surface area contributed by atoms with E-state index in [9.17, 15) is 10.0 Å². The summed E-state index contributed by atoms with van der Waals surface area (Å²) in [6, 6.07) is 5.15. The van der Waals surface area contributed by atoms with Gasteiger partial charge >= 0.3 is 0 Å². The number of thiophene rings is 1. The zero-order valence-corrected chi connectivity index (χ0v) is 13.5. The second-order valence-electron chi connectivity index (χ2n) is 5.66. The first-order valence-electron chi connectivity index (χ1n) is 7.55. The van der Waals surface area contributed by atoms with Crippen LogP contribution in [0, 0.1) is 5.21 Å². The van der Waals surface area contributed by atoms with E-state index in [0.717, 1.165) is 12.0 Å². The summed E-state index contributed by atoms with van der Waals surface area (Å²) in [5.74, 6) is 1.03. The predicted octanol–water partition coefficient (Wildman–Crippen LogP) is 2.06.